The molecule has 0 spiro atoms. The summed E-state index contributed by atoms with van der Waals surface area (Å²) in [5, 5.41) is 3.54. The Morgan fingerprint density at radius 2 is 2.43 bits per heavy atom. The van der Waals surface area contributed by atoms with E-state index in [1.165, 1.54) is 24.8 Å². The van der Waals surface area contributed by atoms with Crippen molar-refractivity contribution in [2.24, 2.45) is 11.7 Å². The van der Waals surface area contributed by atoms with Crippen LogP contribution in [0.3, 0.4) is 0 Å². The van der Waals surface area contributed by atoms with E-state index < -0.39 is 0 Å². The standard InChI is InChI=1S/C11H18N2O/c12-6-10-2-1-3-11(10)13-7-9-4-5-14-8-9/h4-5,8,10-11,13H,1-3,6-7,12H2. The summed E-state index contributed by atoms with van der Waals surface area (Å²) < 4.78 is 5.02. The molecule has 0 radical (unpaired) electrons. The van der Waals surface area contributed by atoms with E-state index in [1.54, 1.807) is 12.5 Å². The fraction of sp³-hybridized carbons (Fsp3) is 0.636. The maximum absolute atomic E-state index is 5.71. The second-order valence-corrected chi connectivity index (χ2v) is 4.05. The lowest BCUT2D eigenvalue weighted by molar-refractivity contribution is 0.405. The Morgan fingerprint density at radius 1 is 1.50 bits per heavy atom. The van der Waals surface area contributed by atoms with Gasteiger partial charge in [-0.25, -0.2) is 0 Å². The summed E-state index contributed by atoms with van der Waals surface area (Å²) in [6, 6.07) is 2.61. The normalized spacial score (nSPS) is 26.9. The summed E-state index contributed by atoms with van der Waals surface area (Å²) in [5.74, 6) is 0.668. The molecule has 2 rings (SSSR count). The van der Waals surface area contributed by atoms with Crippen LogP contribution in [0.1, 0.15) is 24.8 Å². The van der Waals surface area contributed by atoms with Crippen molar-refractivity contribution in [1.29, 1.82) is 0 Å². The Hall–Kier alpha value is -0.800. The van der Waals surface area contributed by atoms with Crippen LogP contribution in [0.2, 0.25) is 0 Å². The van der Waals surface area contributed by atoms with Crippen molar-refractivity contribution < 1.29 is 4.42 Å². The monoisotopic (exact) mass is 194 g/mol. The van der Waals surface area contributed by atoms with Crippen molar-refractivity contribution in [3.05, 3.63) is 24.2 Å². The lowest BCUT2D eigenvalue weighted by atomic mass is 10.0. The minimum absolute atomic E-state index is 0.606. The molecule has 3 heteroatoms. The highest BCUT2D eigenvalue weighted by molar-refractivity contribution is 5.05. The lowest BCUT2D eigenvalue weighted by Gasteiger charge is -2.18. The highest BCUT2D eigenvalue weighted by Gasteiger charge is 2.25. The number of nitrogens with one attached hydrogen (secondary N) is 1. The van der Waals surface area contributed by atoms with Crippen LogP contribution in [0.5, 0.6) is 0 Å². The minimum Gasteiger partial charge on any atom is -0.472 e. The third-order valence-corrected chi connectivity index (χ3v) is 3.11. The van der Waals surface area contributed by atoms with Crippen molar-refractivity contribution in [3.63, 3.8) is 0 Å². The molecule has 2 atom stereocenters. The van der Waals surface area contributed by atoms with Gasteiger partial charge in [0, 0.05) is 18.2 Å². The molecule has 0 aliphatic heterocycles. The van der Waals surface area contributed by atoms with E-state index in [1.807, 2.05) is 6.07 Å². The topological polar surface area (TPSA) is 51.2 Å². The molecule has 1 aliphatic rings. The molecule has 14 heavy (non-hydrogen) atoms. The quantitative estimate of drug-likeness (QED) is 0.763. The molecule has 0 aromatic carbocycles. The van der Waals surface area contributed by atoms with E-state index in [-0.39, 0.29) is 0 Å². The lowest BCUT2D eigenvalue weighted by Crippen LogP contribution is -2.35. The van der Waals surface area contributed by atoms with E-state index in [0.29, 0.717) is 12.0 Å². The smallest absolute Gasteiger partial charge is 0.0947 e. The Labute approximate surface area is 84.7 Å². The van der Waals surface area contributed by atoms with Gasteiger partial charge in [-0.15, -0.1) is 0 Å². The molecule has 3 nitrogen and oxygen atoms in total. The third kappa shape index (κ3) is 2.16. The molecule has 1 aromatic rings. The molecule has 1 fully saturated rings. The second-order valence-electron chi connectivity index (χ2n) is 4.05. The number of hydrogen-bond acceptors (Lipinski definition) is 3. The van der Waals surface area contributed by atoms with Gasteiger partial charge in [0.2, 0.25) is 0 Å². The van der Waals surface area contributed by atoms with Crippen LogP contribution in [-0.2, 0) is 6.54 Å². The van der Waals surface area contributed by atoms with Crippen molar-refractivity contribution in [2.45, 2.75) is 31.8 Å². The van der Waals surface area contributed by atoms with Crippen molar-refractivity contribution >= 4 is 0 Å². The van der Waals surface area contributed by atoms with E-state index in [9.17, 15) is 0 Å². The van der Waals surface area contributed by atoms with Gasteiger partial charge in [-0.1, -0.05) is 6.42 Å². The maximum atomic E-state index is 5.71. The Morgan fingerprint density at radius 3 is 3.14 bits per heavy atom. The molecule has 0 amide bonds. The van der Waals surface area contributed by atoms with Gasteiger partial charge in [0.05, 0.1) is 12.5 Å². The average molecular weight is 194 g/mol. The molecule has 78 valence electrons. The van der Waals surface area contributed by atoms with Crippen LogP contribution in [-0.4, -0.2) is 12.6 Å². The van der Waals surface area contributed by atoms with E-state index in [4.69, 9.17) is 10.2 Å². The van der Waals surface area contributed by atoms with Crippen LogP contribution in [0.25, 0.3) is 0 Å². The summed E-state index contributed by atoms with van der Waals surface area (Å²) >= 11 is 0. The number of furan rings is 1. The maximum Gasteiger partial charge on any atom is 0.0947 e. The van der Waals surface area contributed by atoms with Crippen LogP contribution >= 0.6 is 0 Å². The fourth-order valence-corrected chi connectivity index (χ4v) is 2.23. The van der Waals surface area contributed by atoms with Crippen molar-refractivity contribution in [1.82, 2.24) is 5.32 Å². The largest absolute Gasteiger partial charge is 0.472 e. The molecule has 0 saturated heterocycles. The molecule has 0 bridgehead atoms. The predicted octanol–water partition coefficient (Wildman–Crippen LogP) is 1.50. The molecular formula is C11H18N2O. The molecule has 3 N–H and O–H groups in total. The van der Waals surface area contributed by atoms with Crippen LogP contribution in [0.15, 0.2) is 23.0 Å². The van der Waals surface area contributed by atoms with Crippen LogP contribution < -0.4 is 11.1 Å². The zero-order valence-corrected chi connectivity index (χ0v) is 8.41. The zero-order chi connectivity index (χ0) is 9.80. The van der Waals surface area contributed by atoms with Crippen molar-refractivity contribution in [3.8, 4) is 0 Å². The summed E-state index contributed by atoms with van der Waals surface area (Å²) in [6.45, 7) is 1.71. The van der Waals surface area contributed by atoms with Crippen LogP contribution in [0, 0.1) is 5.92 Å². The van der Waals surface area contributed by atoms with E-state index >= 15 is 0 Å². The van der Waals surface area contributed by atoms with Gasteiger partial charge >= 0.3 is 0 Å². The molecular weight excluding hydrogens is 176 g/mol. The SMILES string of the molecule is NCC1CCCC1NCc1ccoc1. The molecule has 2 unspecified atom stereocenters. The van der Waals surface area contributed by atoms with Gasteiger partial charge in [0.15, 0.2) is 0 Å². The first kappa shape index (κ1) is 9.74. The first-order chi connectivity index (χ1) is 6.90. The molecule has 1 aliphatic carbocycles. The highest BCUT2D eigenvalue weighted by Crippen LogP contribution is 2.24. The number of nitrogens with two attached hydrogens (primary N) is 1. The summed E-state index contributed by atoms with van der Waals surface area (Å²) in [7, 11) is 0. The molecule has 1 heterocycles. The fourth-order valence-electron chi connectivity index (χ4n) is 2.23. The van der Waals surface area contributed by atoms with E-state index in [0.717, 1.165) is 13.1 Å². The van der Waals surface area contributed by atoms with E-state index in [2.05, 4.69) is 5.32 Å². The molecule has 1 saturated carbocycles. The zero-order valence-electron chi connectivity index (χ0n) is 8.41. The van der Waals surface area contributed by atoms with Gasteiger partial charge in [-0.2, -0.15) is 0 Å². The first-order valence-electron chi connectivity index (χ1n) is 5.34. The predicted molar refractivity (Wildman–Crippen MR) is 55.7 cm³/mol. The van der Waals surface area contributed by atoms with Gasteiger partial charge in [0.25, 0.3) is 0 Å². The van der Waals surface area contributed by atoms with Crippen molar-refractivity contribution in [2.75, 3.05) is 6.54 Å². The summed E-state index contributed by atoms with van der Waals surface area (Å²) in [5.41, 5.74) is 6.93. The van der Waals surface area contributed by atoms with Gasteiger partial charge in [0.1, 0.15) is 0 Å². The van der Waals surface area contributed by atoms with Gasteiger partial charge in [-0.05, 0) is 31.4 Å². The Bertz CT molecular complexity index is 258. The van der Waals surface area contributed by atoms with Crippen LogP contribution in [0.4, 0.5) is 0 Å². The highest BCUT2D eigenvalue weighted by atomic mass is 16.3. The first-order valence-corrected chi connectivity index (χ1v) is 5.34. The third-order valence-electron chi connectivity index (χ3n) is 3.11. The van der Waals surface area contributed by atoms with Gasteiger partial charge < -0.3 is 15.5 Å². The molecule has 1 aromatic heterocycles. The number of rotatable bonds is 4. The average Bonchev–Trinajstić information content (AvgIpc) is 2.85. The van der Waals surface area contributed by atoms with Gasteiger partial charge in [-0.3, -0.25) is 0 Å². The second kappa shape index (κ2) is 4.62. The summed E-state index contributed by atoms with van der Waals surface area (Å²) in [6.07, 6.45) is 7.36. The number of hydrogen-bond donors (Lipinski definition) is 2. The summed E-state index contributed by atoms with van der Waals surface area (Å²) in [4.78, 5) is 0. The Kier molecular flexibility index (Phi) is 3.22. The minimum atomic E-state index is 0.606. The Balaban J connectivity index is 1.80.